The third kappa shape index (κ3) is 4.62. The summed E-state index contributed by atoms with van der Waals surface area (Å²) in [4.78, 5) is 0. The fourth-order valence-electron chi connectivity index (χ4n) is 0. The molecule has 0 unspecified atom stereocenters. The zero-order valence-electron chi connectivity index (χ0n) is 2.42. The highest BCUT2D eigenvalue weighted by molar-refractivity contribution is 9.50. The number of hydrogen-bond acceptors (Lipinski definition) is 1. The predicted octanol–water partition coefficient (Wildman–Crippen LogP) is 2.55. The summed E-state index contributed by atoms with van der Waals surface area (Å²) < 4.78 is 32.1. The van der Waals surface area contributed by atoms with Gasteiger partial charge in [-0.05, 0) is 14.8 Å². The van der Waals surface area contributed by atoms with Gasteiger partial charge in [0.25, 0.3) is 0 Å². The minimum atomic E-state index is -4.12. The van der Waals surface area contributed by atoms with E-state index in [1.54, 1.807) is 0 Å². The summed E-state index contributed by atoms with van der Waals surface area (Å²) in [5.41, 5.74) is -4.12. The lowest BCUT2D eigenvalue weighted by molar-refractivity contribution is -0.0309. The van der Waals surface area contributed by atoms with Gasteiger partial charge in [0, 0.05) is 10.2 Å². The van der Waals surface area contributed by atoms with Gasteiger partial charge in [0.15, 0.2) is 0 Å². The SMILES string of the molecule is FC(F)(F)SBr. The van der Waals surface area contributed by atoms with Crippen LogP contribution in [-0.4, -0.2) is 5.51 Å². The Kier molecular flexibility index (Phi) is 2.28. The van der Waals surface area contributed by atoms with Crippen LogP contribution in [0, 0.1) is 0 Å². The van der Waals surface area contributed by atoms with Gasteiger partial charge in [-0.1, -0.05) is 0 Å². The summed E-state index contributed by atoms with van der Waals surface area (Å²) in [5.74, 6) is 0. The van der Waals surface area contributed by atoms with E-state index in [-0.39, 0.29) is 10.2 Å². The second-order valence-electron chi connectivity index (χ2n) is 0.523. The maximum atomic E-state index is 10.7. The van der Waals surface area contributed by atoms with Gasteiger partial charge in [-0.2, -0.15) is 13.2 Å². The molecule has 0 aromatic carbocycles. The van der Waals surface area contributed by atoms with E-state index in [1.807, 2.05) is 0 Å². The van der Waals surface area contributed by atoms with Crippen LogP contribution in [0.4, 0.5) is 13.2 Å². The van der Waals surface area contributed by atoms with Crippen molar-refractivity contribution >= 4 is 25.0 Å². The van der Waals surface area contributed by atoms with Crippen molar-refractivity contribution < 1.29 is 13.2 Å². The second kappa shape index (κ2) is 2.07. The molecule has 6 heavy (non-hydrogen) atoms. The van der Waals surface area contributed by atoms with Gasteiger partial charge in [0.05, 0.1) is 0 Å². The molecular weight excluding hydrogens is 181 g/mol. The summed E-state index contributed by atoms with van der Waals surface area (Å²) in [7, 11) is -0.306. The van der Waals surface area contributed by atoms with Crippen LogP contribution in [-0.2, 0) is 0 Å². The molecule has 0 aromatic heterocycles. The van der Waals surface area contributed by atoms with Crippen molar-refractivity contribution in [2.45, 2.75) is 5.51 Å². The molecule has 0 fully saturated rings. The van der Waals surface area contributed by atoms with Crippen molar-refractivity contribution in [3.8, 4) is 0 Å². The Morgan fingerprint density at radius 1 is 1.33 bits per heavy atom. The first-order valence-corrected chi connectivity index (χ1v) is 3.58. The molecule has 0 aliphatic carbocycles. The zero-order chi connectivity index (χ0) is 5.21. The quantitative estimate of drug-likeness (QED) is 0.553. The molecule has 0 aliphatic heterocycles. The van der Waals surface area contributed by atoms with Gasteiger partial charge >= 0.3 is 5.51 Å². The standard InChI is InChI=1S/CBrF3S/c2-6-1(3,4)5. The Morgan fingerprint density at radius 2 is 1.50 bits per heavy atom. The van der Waals surface area contributed by atoms with Crippen molar-refractivity contribution in [1.82, 2.24) is 0 Å². The van der Waals surface area contributed by atoms with Crippen LogP contribution in [0.5, 0.6) is 0 Å². The van der Waals surface area contributed by atoms with E-state index in [4.69, 9.17) is 0 Å². The summed E-state index contributed by atoms with van der Waals surface area (Å²) in [6.07, 6.45) is 0. The first kappa shape index (κ1) is 6.62. The Hall–Kier alpha value is 0.620. The van der Waals surface area contributed by atoms with Crippen molar-refractivity contribution in [1.29, 1.82) is 0 Å². The van der Waals surface area contributed by atoms with E-state index in [2.05, 4.69) is 14.8 Å². The Morgan fingerprint density at radius 3 is 1.50 bits per heavy atom. The highest BCUT2D eigenvalue weighted by Gasteiger charge is 2.26. The maximum Gasteiger partial charge on any atom is 0.452 e. The maximum absolute atomic E-state index is 10.7. The monoisotopic (exact) mass is 180 g/mol. The number of hydrogen-bond donors (Lipinski definition) is 0. The van der Waals surface area contributed by atoms with Crippen LogP contribution in [0.1, 0.15) is 0 Å². The van der Waals surface area contributed by atoms with E-state index < -0.39 is 5.51 Å². The smallest absolute Gasteiger partial charge is 0.160 e. The van der Waals surface area contributed by atoms with Crippen LogP contribution in [0.25, 0.3) is 0 Å². The van der Waals surface area contributed by atoms with Gasteiger partial charge in [0.1, 0.15) is 0 Å². The van der Waals surface area contributed by atoms with Crippen LogP contribution >= 0.6 is 25.0 Å². The molecule has 0 rings (SSSR count). The molecule has 0 aromatic rings. The molecule has 0 saturated carbocycles. The molecule has 0 saturated heterocycles. The summed E-state index contributed by atoms with van der Waals surface area (Å²) in [5, 5.41) is 0. The molecule has 38 valence electrons. The van der Waals surface area contributed by atoms with Crippen LogP contribution in [0.2, 0.25) is 0 Å². The number of rotatable bonds is 0. The molecule has 0 N–H and O–H groups in total. The van der Waals surface area contributed by atoms with Gasteiger partial charge in [-0.3, -0.25) is 0 Å². The Labute approximate surface area is 44.3 Å². The number of alkyl halides is 3. The van der Waals surface area contributed by atoms with Gasteiger partial charge in [-0.15, -0.1) is 0 Å². The summed E-state index contributed by atoms with van der Waals surface area (Å²) >= 11 is 2.16. The van der Waals surface area contributed by atoms with E-state index in [9.17, 15) is 13.2 Å². The fraction of sp³-hybridized carbons (Fsp3) is 1.00. The molecule has 0 atom stereocenters. The zero-order valence-corrected chi connectivity index (χ0v) is 4.82. The normalized spacial score (nSPS) is 12.0. The lowest BCUT2D eigenvalue weighted by atomic mass is 11.6. The minimum absolute atomic E-state index is 0.306. The highest BCUT2D eigenvalue weighted by atomic mass is 79.9. The predicted molar refractivity (Wildman–Crippen MR) is 22.6 cm³/mol. The molecule has 0 aliphatic rings. The summed E-state index contributed by atoms with van der Waals surface area (Å²) in [6, 6.07) is 0. The highest BCUT2D eigenvalue weighted by Crippen LogP contribution is 2.34. The summed E-state index contributed by atoms with van der Waals surface area (Å²) in [6.45, 7) is 0. The Bertz CT molecular complexity index is 40.5. The fourth-order valence-corrected chi connectivity index (χ4v) is 0. The average Bonchev–Trinajstić information content (AvgIpc) is 1.35. The molecule has 0 bridgehead atoms. The average molecular weight is 181 g/mol. The van der Waals surface area contributed by atoms with E-state index in [1.165, 1.54) is 0 Å². The Balaban J connectivity index is 3.17. The molecule has 5 heteroatoms. The van der Waals surface area contributed by atoms with Crippen molar-refractivity contribution in [3.05, 3.63) is 0 Å². The topological polar surface area (TPSA) is 0 Å². The molecule has 0 amide bonds. The molecule has 0 radical (unpaired) electrons. The van der Waals surface area contributed by atoms with Gasteiger partial charge in [0.2, 0.25) is 0 Å². The van der Waals surface area contributed by atoms with Crippen LogP contribution in [0.3, 0.4) is 0 Å². The third-order valence-corrected chi connectivity index (χ3v) is 1.36. The third-order valence-electron chi connectivity index (χ3n) is 0.0875. The van der Waals surface area contributed by atoms with Crippen LogP contribution < -0.4 is 0 Å². The van der Waals surface area contributed by atoms with Gasteiger partial charge in [-0.25, -0.2) is 0 Å². The van der Waals surface area contributed by atoms with Crippen molar-refractivity contribution in [2.75, 3.05) is 0 Å². The molecular formula is CBrF3S. The van der Waals surface area contributed by atoms with Crippen molar-refractivity contribution in [2.24, 2.45) is 0 Å². The first-order chi connectivity index (χ1) is 2.56. The van der Waals surface area contributed by atoms with Gasteiger partial charge < -0.3 is 0 Å². The number of halogens is 4. The van der Waals surface area contributed by atoms with E-state index in [0.717, 1.165) is 0 Å². The molecule has 0 heterocycles. The lowest BCUT2D eigenvalue weighted by Crippen LogP contribution is -1.93. The van der Waals surface area contributed by atoms with E-state index in [0.29, 0.717) is 0 Å². The molecule has 0 nitrogen and oxygen atoms in total. The first-order valence-electron chi connectivity index (χ1n) is 0.925. The van der Waals surface area contributed by atoms with Crippen LogP contribution in [0.15, 0.2) is 0 Å². The minimum Gasteiger partial charge on any atom is -0.160 e. The second-order valence-corrected chi connectivity index (χ2v) is 2.11. The van der Waals surface area contributed by atoms with Crippen molar-refractivity contribution in [3.63, 3.8) is 0 Å². The van der Waals surface area contributed by atoms with E-state index >= 15 is 0 Å². The molecule has 0 spiro atoms. The lowest BCUT2D eigenvalue weighted by Gasteiger charge is -1.93. The largest absolute Gasteiger partial charge is 0.452 e.